The van der Waals surface area contributed by atoms with E-state index >= 15 is 0 Å². The minimum absolute atomic E-state index is 0. The van der Waals surface area contributed by atoms with Gasteiger partial charge in [-0.25, -0.2) is 0 Å². The smallest absolute Gasteiger partial charge is 0.258 e. The molecule has 0 radical (unpaired) electrons. The molecule has 2 aromatic carbocycles. The van der Waals surface area contributed by atoms with Crippen LogP contribution >= 0.6 is 24.0 Å². The summed E-state index contributed by atoms with van der Waals surface area (Å²) in [7, 11) is 0. The Bertz CT molecular complexity index is 706. The van der Waals surface area contributed by atoms with Gasteiger partial charge in [-0.1, -0.05) is 48.0 Å². The molecule has 1 fully saturated rings. The van der Waals surface area contributed by atoms with Crippen molar-refractivity contribution in [2.75, 3.05) is 13.2 Å². The number of benzene rings is 2. The lowest BCUT2D eigenvalue weighted by atomic mass is 10.1. The standard InChI is InChI=1S/C19H21ClN2O2.ClH/c20-16-10-15(13-4-2-1-3-5-13)8-9-18(16)24-12-19(23)22-17(11-21)14-6-7-14;/h1-5,8-10,14,17H,6-7,11-12,21H2,(H,22,23);1H. The maximum atomic E-state index is 12.0. The van der Waals surface area contributed by atoms with Crippen LogP contribution in [-0.4, -0.2) is 25.1 Å². The number of halogens is 2. The largest absolute Gasteiger partial charge is 0.482 e. The monoisotopic (exact) mass is 380 g/mol. The highest BCUT2D eigenvalue weighted by atomic mass is 35.5. The quantitative estimate of drug-likeness (QED) is 0.769. The number of carbonyl (C=O) groups excluding carboxylic acids is 1. The second-order valence-corrected chi connectivity index (χ2v) is 6.45. The van der Waals surface area contributed by atoms with E-state index in [0.717, 1.165) is 24.0 Å². The van der Waals surface area contributed by atoms with Gasteiger partial charge in [-0.2, -0.15) is 0 Å². The third kappa shape index (κ3) is 5.36. The lowest BCUT2D eigenvalue weighted by Gasteiger charge is -2.16. The van der Waals surface area contributed by atoms with Gasteiger partial charge in [0.05, 0.1) is 5.02 Å². The number of ether oxygens (including phenoxy) is 1. The van der Waals surface area contributed by atoms with Crippen molar-refractivity contribution in [2.24, 2.45) is 11.7 Å². The van der Waals surface area contributed by atoms with Crippen LogP contribution in [0.5, 0.6) is 5.75 Å². The Morgan fingerprint density at radius 1 is 1.20 bits per heavy atom. The van der Waals surface area contributed by atoms with Crippen LogP contribution in [0.4, 0.5) is 0 Å². The van der Waals surface area contributed by atoms with Gasteiger partial charge in [-0.05, 0) is 42.0 Å². The first kappa shape index (κ1) is 19.6. The number of amides is 1. The van der Waals surface area contributed by atoms with E-state index in [1.165, 1.54) is 0 Å². The molecule has 6 heteroatoms. The Labute approximate surface area is 159 Å². The molecule has 1 saturated carbocycles. The predicted octanol–water partition coefficient (Wildman–Crippen LogP) is 3.66. The summed E-state index contributed by atoms with van der Waals surface area (Å²) in [6.07, 6.45) is 2.27. The second kappa shape index (κ2) is 9.09. The first-order valence-corrected chi connectivity index (χ1v) is 8.52. The summed E-state index contributed by atoms with van der Waals surface area (Å²) in [6, 6.07) is 15.6. The minimum Gasteiger partial charge on any atom is -0.482 e. The molecule has 0 saturated heterocycles. The second-order valence-electron chi connectivity index (χ2n) is 6.05. The fourth-order valence-corrected chi connectivity index (χ4v) is 2.92. The fraction of sp³-hybridized carbons (Fsp3) is 0.316. The van der Waals surface area contributed by atoms with Gasteiger partial charge in [0.15, 0.2) is 6.61 Å². The third-order valence-corrected chi connectivity index (χ3v) is 4.48. The Hall–Kier alpha value is -1.75. The SMILES string of the molecule is Cl.NCC(NC(=O)COc1ccc(-c2ccccc2)cc1Cl)C1CC1. The van der Waals surface area contributed by atoms with E-state index in [9.17, 15) is 4.79 Å². The van der Waals surface area contributed by atoms with E-state index in [-0.39, 0.29) is 31.0 Å². The molecule has 0 spiro atoms. The van der Waals surface area contributed by atoms with Crippen LogP contribution in [-0.2, 0) is 4.79 Å². The molecule has 0 heterocycles. The summed E-state index contributed by atoms with van der Waals surface area (Å²) in [4.78, 5) is 12.0. The molecule has 134 valence electrons. The fourth-order valence-electron chi connectivity index (χ4n) is 2.69. The number of nitrogens with one attached hydrogen (secondary N) is 1. The van der Waals surface area contributed by atoms with Gasteiger partial charge >= 0.3 is 0 Å². The molecule has 25 heavy (non-hydrogen) atoms. The van der Waals surface area contributed by atoms with Crippen molar-refractivity contribution in [1.82, 2.24) is 5.32 Å². The summed E-state index contributed by atoms with van der Waals surface area (Å²) in [5, 5.41) is 3.41. The van der Waals surface area contributed by atoms with Crippen molar-refractivity contribution in [3.8, 4) is 16.9 Å². The highest BCUT2D eigenvalue weighted by molar-refractivity contribution is 6.32. The van der Waals surface area contributed by atoms with Crippen molar-refractivity contribution in [3.63, 3.8) is 0 Å². The zero-order valence-corrected chi connectivity index (χ0v) is 15.4. The molecule has 4 nitrogen and oxygen atoms in total. The van der Waals surface area contributed by atoms with Crippen LogP contribution in [0.2, 0.25) is 5.02 Å². The maximum Gasteiger partial charge on any atom is 0.258 e. The number of hydrogen-bond donors (Lipinski definition) is 2. The number of carbonyl (C=O) groups is 1. The number of rotatable bonds is 7. The molecule has 0 aliphatic heterocycles. The average Bonchev–Trinajstić information content (AvgIpc) is 3.44. The van der Waals surface area contributed by atoms with E-state index in [1.807, 2.05) is 42.5 Å². The Morgan fingerprint density at radius 2 is 1.92 bits per heavy atom. The Morgan fingerprint density at radius 3 is 2.52 bits per heavy atom. The van der Waals surface area contributed by atoms with Gasteiger partial charge < -0.3 is 15.8 Å². The zero-order valence-electron chi connectivity index (χ0n) is 13.8. The van der Waals surface area contributed by atoms with Gasteiger partial charge in [0.25, 0.3) is 5.91 Å². The third-order valence-electron chi connectivity index (χ3n) is 4.19. The van der Waals surface area contributed by atoms with Crippen LogP contribution in [0, 0.1) is 5.92 Å². The molecule has 1 unspecified atom stereocenters. The van der Waals surface area contributed by atoms with Crippen molar-refractivity contribution >= 4 is 29.9 Å². The van der Waals surface area contributed by atoms with Crippen LogP contribution in [0.25, 0.3) is 11.1 Å². The van der Waals surface area contributed by atoms with E-state index in [2.05, 4.69) is 5.32 Å². The van der Waals surface area contributed by atoms with Crippen LogP contribution in [0.15, 0.2) is 48.5 Å². The molecule has 1 atom stereocenters. The average molecular weight is 381 g/mol. The summed E-state index contributed by atoms with van der Waals surface area (Å²) < 4.78 is 5.55. The minimum atomic E-state index is -0.166. The van der Waals surface area contributed by atoms with Crippen molar-refractivity contribution in [2.45, 2.75) is 18.9 Å². The summed E-state index contributed by atoms with van der Waals surface area (Å²) in [5.74, 6) is 0.857. The molecule has 0 aromatic heterocycles. The first-order valence-electron chi connectivity index (χ1n) is 8.14. The van der Waals surface area contributed by atoms with Crippen LogP contribution in [0.1, 0.15) is 12.8 Å². The van der Waals surface area contributed by atoms with Gasteiger partial charge in [-0.15, -0.1) is 12.4 Å². The summed E-state index contributed by atoms with van der Waals surface area (Å²) in [5.41, 5.74) is 7.78. The van der Waals surface area contributed by atoms with Gasteiger partial charge in [0.1, 0.15) is 5.75 Å². The molecule has 2 aromatic rings. The Balaban J connectivity index is 0.00000225. The van der Waals surface area contributed by atoms with Gasteiger partial charge in [0.2, 0.25) is 0 Å². The molecular formula is C19H22Cl2N2O2. The predicted molar refractivity (Wildman–Crippen MR) is 103 cm³/mol. The molecule has 1 aliphatic carbocycles. The van der Waals surface area contributed by atoms with Crippen molar-refractivity contribution in [1.29, 1.82) is 0 Å². The maximum absolute atomic E-state index is 12.0. The number of nitrogens with two attached hydrogens (primary N) is 1. The molecule has 0 bridgehead atoms. The Kier molecular flexibility index (Phi) is 7.12. The first-order chi connectivity index (χ1) is 11.7. The van der Waals surface area contributed by atoms with Crippen LogP contribution < -0.4 is 15.8 Å². The summed E-state index contributed by atoms with van der Waals surface area (Å²) in [6.45, 7) is 0.399. The van der Waals surface area contributed by atoms with Gasteiger partial charge in [-0.3, -0.25) is 4.79 Å². The molecule has 1 amide bonds. The van der Waals surface area contributed by atoms with E-state index in [4.69, 9.17) is 22.1 Å². The highest BCUT2D eigenvalue weighted by Gasteiger charge is 2.31. The molecule has 3 N–H and O–H groups in total. The molecule has 1 aliphatic rings. The molecule has 3 rings (SSSR count). The van der Waals surface area contributed by atoms with E-state index in [1.54, 1.807) is 6.07 Å². The van der Waals surface area contributed by atoms with Gasteiger partial charge in [0, 0.05) is 12.6 Å². The van der Waals surface area contributed by atoms with E-state index in [0.29, 0.717) is 23.2 Å². The van der Waals surface area contributed by atoms with Crippen molar-refractivity contribution in [3.05, 3.63) is 53.6 Å². The zero-order chi connectivity index (χ0) is 16.9. The number of hydrogen-bond acceptors (Lipinski definition) is 3. The normalized spacial score (nSPS) is 14.3. The lowest BCUT2D eigenvalue weighted by molar-refractivity contribution is -0.123. The topological polar surface area (TPSA) is 64.3 Å². The lowest BCUT2D eigenvalue weighted by Crippen LogP contribution is -2.43. The molecular weight excluding hydrogens is 359 g/mol. The van der Waals surface area contributed by atoms with Crippen molar-refractivity contribution < 1.29 is 9.53 Å². The van der Waals surface area contributed by atoms with E-state index < -0.39 is 0 Å². The van der Waals surface area contributed by atoms with Crippen LogP contribution in [0.3, 0.4) is 0 Å². The summed E-state index contributed by atoms with van der Waals surface area (Å²) >= 11 is 6.28. The highest BCUT2D eigenvalue weighted by Crippen LogP contribution is 2.32.